The van der Waals surface area contributed by atoms with Crippen LogP contribution >= 0.6 is 15.9 Å². The lowest BCUT2D eigenvalue weighted by molar-refractivity contribution is 0.0697. The van der Waals surface area contributed by atoms with Gasteiger partial charge in [-0.3, -0.25) is 0 Å². The molecule has 0 aromatic heterocycles. The van der Waals surface area contributed by atoms with E-state index in [9.17, 15) is 13.2 Å². The number of halogens is 1. The van der Waals surface area contributed by atoms with Crippen LogP contribution < -0.4 is 5.32 Å². The van der Waals surface area contributed by atoms with Crippen LogP contribution in [0.4, 0.5) is 5.69 Å². The molecule has 0 amide bonds. The van der Waals surface area contributed by atoms with Gasteiger partial charge in [-0.15, -0.1) is 0 Å². The molecule has 0 unspecified atom stereocenters. The number of rotatable bonds is 6. The zero-order chi connectivity index (χ0) is 13.8. The molecule has 1 aromatic rings. The molecule has 1 rings (SSSR count). The Balaban J connectivity index is 2.80. The van der Waals surface area contributed by atoms with E-state index in [2.05, 4.69) is 21.2 Å². The van der Waals surface area contributed by atoms with Crippen molar-refractivity contribution in [1.29, 1.82) is 0 Å². The van der Waals surface area contributed by atoms with Gasteiger partial charge in [-0.25, -0.2) is 13.2 Å². The zero-order valence-electron chi connectivity index (χ0n) is 9.81. The Bertz CT molecular complexity index is 542. The maximum atomic E-state index is 11.3. The number of hydrogen-bond acceptors (Lipinski definition) is 4. The van der Waals surface area contributed by atoms with E-state index in [0.29, 0.717) is 10.2 Å². The molecule has 100 valence electrons. The van der Waals surface area contributed by atoms with E-state index in [1.807, 2.05) is 0 Å². The maximum Gasteiger partial charge on any atom is 0.338 e. The third-order valence-electron chi connectivity index (χ3n) is 2.40. The monoisotopic (exact) mass is 335 g/mol. The molecule has 0 spiro atoms. The van der Waals surface area contributed by atoms with E-state index in [0.717, 1.165) is 0 Å². The number of carbonyl (C=O) groups is 1. The SMILES string of the molecule is CCS(=O)(=O)CCNc1cccc(Br)c1C(=O)O. The highest BCUT2D eigenvalue weighted by Gasteiger charge is 2.14. The molecule has 18 heavy (non-hydrogen) atoms. The first-order chi connectivity index (χ1) is 8.37. The van der Waals surface area contributed by atoms with Crippen LogP contribution in [-0.4, -0.2) is 37.5 Å². The number of nitrogens with one attached hydrogen (secondary N) is 1. The number of hydrogen-bond donors (Lipinski definition) is 2. The van der Waals surface area contributed by atoms with Crippen LogP contribution in [0, 0.1) is 0 Å². The summed E-state index contributed by atoms with van der Waals surface area (Å²) < 4.78 is 23.1. The van der Waals surface area contributed by atoms with Crippen molar-refractivity contribution in [2.75, 3.05) is 23.4 Å². The fourth-order valence-electron chi connectivity index (χ4n) is 1.37. The van der Waals surface area contributed by atoms with Gasteiger partial charge in [0, 0.05) is 22.5 Å². The van der Waals surface area contributed by atoms with E-state index in [-0.39, 0.29) is 23.6 Å². The van der Waals surface area contributed by atoms with Gasteiger partial charge in [-0.1, -0.05) is 13.0 Å². The Labute approximate surface area is 114 Å². The Morgan fingerprint density at radius 3 is 2.67 bits per heavy atom. The molecule has 0 aliphatic heterocycles. The zero-order valence-corrected chi connectivity index (χ0v) is 12.2. The van der Waals surface area contributed by atoms with E-state index in [1.165, 1.54) is 0 Å². The van der Waals surface area contributed by atoms with Crippen molar-refractivity contribution >= 4 is 37.4 Å². The van der Waals surface area contributed by atoms with Gasteiger partial charge in [0.25, 0.3) is 0 Å². The standard InChI is InChI=1S/C11H14BrNO4S/c1-2-18(16,17)7-6-13-9-5-3-4-8(12)10(9)11(14)15/h3-5,13H,2,6-7H2,1H3,(H,14,15). The number of carboxylic acids is 1. The molecular weight excluding hydrogens is 322 g/mol. The van der Waals surface area contributed by atoms with Gasteiger partial charge in [0.2, 0.25) is 0 Å². The van der Waals surface area contributed by atoms with Gasteiger partial charge in [0.15, 0.2) is 9.84 Å². The second kappa shape index (κ2) is 6.19. The van der Waals surface area contributed by atoms with E-state index < -0.39 is 15.8 Å². The smallest absolute Gasteiger partial charge is 0.338 e. The Hall–Kier alpha value is -1.08. The predicted molar refractivity (Wildman–Crippen MR) is 73.9 cm³/mol. The summed E-state index contributed by atoms with van der Waals surface area (Å²) in [6.07, 6.45) is 0. The van der Waals surface area contributed by atoms with Gasteiger partial charge in [-0.05, 0) is 28.1 Å². The summed E-state index contributed by atoms with van der Waals surface area (Å²) in [7, 11) is -3.05. The minimum atomic E-state index is -3.05. The summed E-state index contributed by atoms with van der Waals surface area (Å²) in [5.74, 6) is -1.00. The summed E-state index contributed by atoms with van der Waals surface area (Å²) in [6.45, 7) is 1.77. The lowest BCUT2D eigenvalue weighted by Gasteiger charge is -2.10. The maximum absolute atomic E-state index is 11.3. The van der Waals surface area contributed by atoms with Crippen LogP contribution in [0.5, 0.6) is 0 Å². The summed E-state index contributed by atoms with van der Waals surface area (Å²) >= 11 is 3.15. The summed E-state index contributed by atoms with van der Waals surface area (Å²) in [4.78, 5) is 11.1. The fourth-order valence-corrected chi connectivity index (χ4v) is 2.61. The summed E-state index contributed by atoms with van der Waals surface area (Å²) in [5, 5.41) is 11.9. The largest absolute Gasteiger partial charge is 0.478 e. The number of carboxylic acid groups (broad SMARTS) is 1. The first kappa shape index (κ1) is 15.0. The highest BCUT2D eigenvalue weighted by atomic mass is 79.9. The van der Waals surface area contributed by atoms with Crippen LogP contribution in [0.1, 0.15) is 17.3 Å². The number of anilines is 1. The fraction of sp³-hybridized carbons (Fsp3) is 0.364. The molecule has 0 atom stereocenters. The van der Waals surface area contributed by atoms with Crippen molar-refractivity contribution < 1.29 is 18.3 Å². The van der Waals surface area contributed by atoms with Crippen molar-refractivity contribution in [1.82, 2.24) is 0 Å². The molecule has 0 bridgehead atoms. The molecule has 0 saturated carbocycles. The molecule has 7 heteroatoms. The van der Waals surface area contributed by atoms with Crippen LogP contribution in [0.15, 0.2) is 22.7 Å². The summed E-state index contributed by atoms with van der Waals surface area (Å²) in [6, 6.07) is 4.91. The Morgan fingerprint density at radius 1 is 1.44 bits per heavy atom. The highest BCUT2D eigenvalue weighted by Crippen LogP contribution is 2.24. The third kappa shape index (κ3) is 3.99. The molecule has 0 aliphatic carbocycles. The van der Waals surface area contributed by atoms with Crippen molar-refractivity contribution in [2.24, 2.45) is 0 Å². The normalized spacial score (nSPS) is 11.2. The van der Waals surface area contributed by atoms with Crippen molar-refractivity contribution in [2.45, 2.75) is 6.92 Å². The van der Waals surface area contributed by atoms with Gasteiger partial charge in [0.05, 0.1) is 11.3 Å². The molecule has 0 saturated heterocycles. The first-order valence-corrected chi connectivity index (χ1v) is 7.95. The van der Waals surface area contributed by atoms with Gasteiger partial charge in [0.1, 0.15) is 0 Å². The lowest BCUT2D eigenvalue weighted by atomic mass is 10.2. The molecule has 0 fully saturated rings. The van der Waals surface area contributed by atoms with Crippen LogP contribution in [0.25, 0.3) is 0 Å². The molecule has 1 aromatic carbocycles. The average molecular weight is 336 g/mol. The van der Waals surface area contributed by atoms with Gasteiger partial charge < -0.3 is 10.4 Å². The molecule has 0 heterocycles. The van der Waals surface area contributed by atoms with E-state index in [4.69, 9.17) is 5.11 Å². The Kier molecular flexibility index (Phi) is 5.15. The van der Waals surface area contributed by atoms with Gasteiger partial charge >= 0.3 is 5.97 Å². The quantitative estimate of drug-likeness (QED) is 0.830. The highest BCUT2D eigenvalue weighted by molar-refractivity contribution is 9.10. The molecular formula is C11H14BrNO4S. The second-order valence-electron chi connectivity index (χ2n) is 3.63. The number of aromatic carboxylic acids is 1. The third-order valence-corrected chi connectivity index (χ3v) is 4.76. The number of sulfone groups is 1. The lowest BCUT2D eigenvalue weighted by Crippen LogP contribution is -2.18. The first-order valence-electron chi connectivity index (χ1n) is 5.33. The van der Waals surface area contributed by atoms with Gasteiger partial charge in [-0.2, -0.15) is 0 Å². The van der Waals surface area contributed by atoms with Crippen LogP contribution in [-0.2, 0) is 9.84 Å². The minimum Gasteiger partial charge on any atom is -0.478 e. The van der Waals surface area contributed by atoms with Crippen molar-refractivity contribution in [3.8, 4) is 0 Å². The van der Waals surface area contributed by atoms with Crippen molar-refractivity contribution in [3.05, 3.63) is 28.2 Å². The topological polar surface area (TPSA) is 83.5 Å². The molecule has 2 N–H and O–H groups in total. The van der Waals surface area contributed by atoms with E-state index >= 15 is 0 Å². The predicted octanol–water partition coefficient (Wildman–Crippen LogP) is 1.99. The van der Waals surface area contributed by atoms with Crippen LogP contribution in [0.3, 0.4) is 0 Å². The number of benzene rings is 1. The second-order valence-corrected chi connectivity index (χ2v) is 6.96. The van der Waals surface area contributed by atoms with Crippen LogP contribution in [0.2, 0.25) is 0 Å². The molecule has 0 aliphatic rings. The molecule has 5 nitrogen and oxygen atoms in total. The van der Waals surface area contributed by atoms with Crippen molar-refractivity contribution in [3.63, 3.8) is 0 Å². The molecule has 0 radical (unpaired) electrons. The summed E-state index contributed by atoms with van der Waals surface area (Å²) in [5.41, 5.74) is 0.509. The Morgan fingerprint density at radius 2 is 2.11 bits per heavy atom. The average Bonchev–Trinajstić information content (AvgIpc) is 2.28. The minimum absolute atomic E-state index is 0.0188. The van der Waals surface area contributed by atoms with E-state index in [1.54, 1.807) is 25.1 Å².